The van der Waals surface area contributed by atoms with E-state index in [4.69, 9.17) is 9.47 Å². The topological polar surface area (TPSA) is 18.5 Å². The molecule has 0 spiro atoms. The molecule has 1 aliphatic rings. The molecular weight excluding hydrogens is 152 g/mol. The molecular formula is C10H20O2. The lowest BCUT2D eigenvalue weighted by molar-refractivity contribution is -0.232. The Balaban J connectivity index is 2.63. The van der Waals surface area contributed by atoms with E-state index in [0.29, 0.717) is 23.9 Å². The summed E-state index contributed by atoms with van der Waals surface area (Å²) in [5, 5.41) is 0. The van der Waals surface area contributed by atoms with Crippen molar-refractivity contribution in [1.82, 2.24) is 0 Å². The molecule has 2 nitrogen and oxygen atoms in total. The predicted molar refractivity (Wildman–Crippen MR) is 48.8 cm³/mol. The molecule has 0 radical (unpaired) electrons. The molecule has 1 rings (SSSR count). The van der Waals surface area contributed by atoms with Gasteiger partial charge in [-0.1, -0.05) is 20.8 Å². The van der Waals surface area contributed by atoms with Crippen LogP contribution in [-0.4, -0.2) is 19.5 Å². The van der Waals surface area contributed by atoms with Gasteiger partial charge in [-0.25, -0.2) is 0 Å². The molecule has 12 heavy (non-hydrogen) atoms. The second-order valence-corrected chi connectivity index (χ2v) is 4.02. The van der Waals surface area contributed by atoms with E-state index in [2.05, 4.69) is 27.7 Å². The molecule has 2 heteroatoms. The van der Waals surface area contributed by atoms with E-state index in [1.807, 2.05) is 0 Å². The van der Waals surface area contributed by atoms with Crippen molar-refractivity contribution in [2.45, 2.75) is 40.1 Å². The molecule has 0 amide bonds. The number of hydrogen-bond acceptors (Lipinski definition) is 2. The minimum absolute atomic E-state index is 0.00815. The van der Waals surface area contributed by atoms with Gasteiger partial charge in [0.2, 0.25) is 0 Å². The van der Waals surface area contributed by atoms with Gasteiger partial charge in [-0.05, 0) is 18.8 Å². The Bertz CT molecular complexity index is 142. The maximum absolute atomic E-state index is 5.71. The van der Waals surface area contributed by atoms with Crippen LogP contribution in [0.2, 0.25) is 0 Å². The van der Waals surface area contributed by atoms with Gasteiger partial charge in [0.25, 0.3) is 0 Å². The van der Waals surface area contributed by atoms with E-state index >= 15 is 0 Å². The molecule has 0 N–H and O–H groups in total. The third-order valence-electron chi connectivity index (χ3n) is 3.41. The van der Waals surface area contributed by atoms with Crippen LogP contribution in [0, 0.1) is 17.8 Å². The fraction of sp³-hybridized carbons (Fsp3) is 1.00. The predicted octanol–water partition coefficient (Wildman–Crippen LogP) is 2.29. The van der Waals surface area contributed by atoms with Gasteiger partial charge < -0.3 is 9.47 Å². The average molecular weight is 172 g/mol. The molecule has 5 atom stereocenters. The Morgan fingerprint density at radius 2 is 1.50 bits per heavy atom. The standard InChI is InChI=1S/C10H20O2/c1-6-7(2)9(4)12-10(11-5)8(6)3/h6-10H,1-5H3/t6?,7-,8-,9?,10-/m1/s1. The summed E-state index contributed by atoms with van der Waals surface area (Å²) in [5.41, 5.74) is 0. The molecule has 1 heterocycles. The summed E-state index contributed by atoms with van der Waals surface area (Å²) in [4.78, 5) is 0. The van der Waals surface area contributed by atoms with Crippen molar-refractivity contribution in [2.75, 3.05) is 7.11 Å². The van der Waals surface area contributed by atoms with Crippen LogP contribution < -0.4 is 0 Å². The molecule has 0 saturated carbocycles. The van der Waals surface area contributed by atoms with Crippen molar-refractivity contribution in [3.05, 3.63) is 0 Å². The SMILES string of the molecule is CO[C@@H]1OC(C)[C@H](C)C(C)[C@H]1C. The largest absolute Gasteiger partial charge is 0.356 e. The highest BCUT2D eigenvalue weighted by Gasteiger charge is 2.36. The van der Waals surface area contributed by atoms with Crippen LogP contribution >= 0.6 is 0 Å². The lowest BCUT2D eigenvalue weighted by atomic mass is 9.79. The number of rotatable bonds is 1. The summed E-state index contributed by atoms with van der Waals surface area (Å²) in [6.45, 7) is 8.85. The van der Waals surface area contributed by atoms with Gasteiger partial charge >= 0.3 is 0 Å². The van der Waals surface area contributed by atoms with Gasteiger partial charge in [0.05, 0.1) is 6.10 Å². The summed E-state index contributed by atoms with van der Waals surface area (Å²) in [6.07, 6.45) is 0.312. The number of ether oxygens (including phenoxy) is 2. The monoisotopic (exact) mass is 172 g/mol. The van der Waals surface area contributed by atoms with Gasteiger partial charge in [0.1, 0.15) is 0 Å². The molecule has 72 valence electrons. The highest BCUT2D eigenvalue weighted by molar-refractivity contribution is 4.80. The first kappa shape index (κ1) is 10.0. The molecule has 0 bridgehead atoms. The van der Waals surface area contributed by atoms with Crippen LogP contribution in [-0.2, 0) is 9.47 Å². The Hall–Kier alpha value is -0.0800. The van der Waals surface area contributed by atoms with Gasteiger partial charge in [-0.2, -0.15) is 0 Å². The average Bonchev–Trinajstić information content (AvgIpc) is 2.08. The van der Waals surface area contributed by atoms with E-state index in [-0.39, 0.29) is 6.29 Å². The van der Waals surface area contributed by atoms with Crippen LogP contribution in [0.1, 0.15) is 27.7 Å². The van der Waals surface area contributed by atoms with Crippen molar-refractivity contribution >= 4 is 0 Å². The lowest BCUT2D eigenvalue weighted by Gasteiger charge is -2.41. The maximum atomic E-state index is 5.71. The summed E-state index contributed by atoms with van der Waals surface area (Å²) in [6, 6.07) is 0. The normalized spacial score (nSPS) is 49.2. The van der Waals surface area contributed by atoms with Crippen molar-refractivity contribution in [3.8, 4) is 0 Å². The zero-order chi connectivity index (χ0) is 9.30. The highest BCUT2D eigenvalue weighted by Crippen LogP contribution is 2.34. The molecule has 1 fully saturated rings. The van der Waals surface area contributed by atoms with E-state index in [1.165, 1.54) is 0 Å². The zero-order valence-electron chi connectivity index (χ0n) is 8.70. The number of hydrogen-bond donors (Lipinski definition) is 0. The van der Waals surface area contributed by atoms with Crippen LogP contribution in [0.5, 0.6) is 0 Å². The van der Waals surface area contributed by atoms with Crippen LogP contribution in [0.25, 0.3) is 0 Å². The molecule has 0 aromatic heterocycles. The van der Waals surface area contributed by atoms with Crippen LogP contribution in [0.4, 0.5) is 0 Å². The Morgan fingerprint density at radius 1 is 0.917 bits per heavy atom. The first-order valence-corrected chi connectivity index (χ1v) is 4.76. The summed E-state index contributed by atoms with van der Waals surface area (Å²) in [5.74, 6) is 1.81. The molecule has 1 saturated heterocycles. The minimum Gasteiger partial charge on any atom is -0.356 e. The third kappa shape index (κ3) is 1.64. The van der Waals surface area contributed by atoms with Crippen LogP contribution in [0.15, 0.2) is 0 Å². The van der Waals surface area contributed by atoms with Gasteiger partial charge in [0, 0.05) is 13.0 Å². The van der Waals surface area contributed by atoms with E-state index in [1.54, 1.807) is 7.11 Å². The van der Waals surface area contributed by atoms with Crippen molar-refractivity contribution in [2.24, 2.45) is 17.8 Å². The lowest BCUT2D eigenvalue weighted by Crippen LogP contribution is -2.44. The Morgan fingerprint density at radius 3 is 2.00 bits per heavy atom. The molecule has 0 aromatic carbocycles. The molecule has 0 aliphatic carbocycles. The second-order valence-electron chi connectivity index (χ2n) is 4.02. The van der Waals surface area contributed by atoms with Crippen LogP contribution in [0.3, 0.4) is 0 Å². The minimum atomic E-state index is -0.00815. The van der Waals surface area contributed by atoms with Gasteiger partial charge in [-0.3, -0.25) is 0 Å². The van der Waals surface area contributed by atoms with E-state index in [9.17, 15) is 0 Å². The maximum Gasteiger partial charge on any atom is 0.160 e. The molecule has 0 aromatic rings. The fourth-order valence-corrected chi connectivity index (χ4v) is 1.88. The zero-order valence-corrected chi connectivity index (χ0v) is 8.70. The summed E-state index contributed by atoms with van der Waals surface area (Å²) >= 11 is 0. The van der Waals surface area contributed by atoms with Gasteiger partial charge in [-0.15, -0.1) is 0 Å². The Labute approximate surface area is 75.2 Å². The molecule has 1 aliphatic heterocycles. The third-order valence-corrected chi connectivity index (χ3v) is 3.41. The first-order valence-electron chi connectivity index (χ1n) is 4.76. The van der Waals surface area contributed by atoms with Crippen molar-refractivity contribution < 1.29 is 9.47 Å². The first-order chi connectivity index (χ1) is 5.57. The highest BCUT2D eigenvalue weighted by atomic mass is 16.7. The van der Waals surface area contributed by atoms with E-state index < -0.39 is 0 Å². The van der Waals surface area contributed by atoms with Gasteiger partial charge in [0.15, 0.2) is 6.29 Å². The van der Waals surface area contributed by atoms with Crippen molar-refractivity contribution in [3.63, 3.8) is 0 Å². The van der Waals surface area contributed by atoms with E-state index in [0.717, 1.165) is 0 Å². The quantitative estimate of drug-likeness (QED) is 0.604. The molecule has 2 unspecified atom stereocenters. The van der Waals surface area contributed by atoms with Crippen molar-refractivity contribution in [1.29, 1.82) is 0 Å². The Kier molecular flexibility index (Phi) is 3.13. The second kappa shape index (κ2) is 3.75. The number of methoxy groups -OCH3 is 1. The summed E-state index contributed by atoms with van der Waals surface area (Å²) < 4.78 is 11.0. The fourth-order valence-electron chi connectivity index (χ4n) is 1.88. The smallest absolute Gasteiger partial charge is 0.160 e. The summed E-state index contributed by atoms with van der Waals surface area (Å²) in [7, 11) is 1.72.